The number of aryl methyl sites for hydroxylation is 1. The van der Waals surface area contributed by atoms with E-state index in [-0.39, 0.29) is 0 Å². The van der Waals surface area contributed by atoms with E-state index < -0.39 is 0 Å². The van der Waals surface area contributed by atoms with E-state index >= 15 is 0 Å². The highest BCUT2D eigenvalue weighted by atomic mass is 32.1. The molecule has 2 bridgehead atoms. The van der Waals surface area contributed by atoms with Crippen molar-refractivity contribution < 1.29 is 0 Å². The number of fused-ring (bicyclic) bond motifs is 2. The second-order valence-electron chi connectivity index (χ2n) is 5.89. The molecule has 1 saturated carbocycles. The van der Waals surface area contributed by atoms with Gasteiger partial charge in [0.05, 0.1) is 5.01 Å². The number of hydrogen-bond acceptors (Lipinski definition) is 4. The van der Waals surface area contributed by atoms with Crippen LogP contribution in [0.5, 0.6) is 0 Å². The maximum Gasteiger partial charge on any atom is 0.128 e. The largest absolute Gasteiger partial charge is 0.353 e. The van der Waals surface area contributed by atoms with Gasteiger partial charge in [0.2, 0.25) is 0 Å². The molecule has 3 heterocycles. The molecule has 21 heavy (non-hydrogen) atoms. The minimum absolute atomic E-state index is 0.720. The van der Waals surface area contributed by atoms with Crippen molar-refractivity contribution in [1.82, 2.24) is 9.97 Å². The predicted molar refractivity (Wildman–Crippen MR) is 85.5 cm³/mol. The van der Waals surface area contributed by atoms with Gasteiger partial charge in [-0.25, -0.2) is 9.97 Å². The van der Waals surface area contributed by atoms with Gasteiger partial charge in [-0.1, -0.05) is 5.92 Å². The average molecular weight is 295 g/mol. The Balaban J connectivity index is 1.50. The maximum absolute atomic E-state index is 4.60. The lowest BCUT2D eigenvalue weighted by Crippen LogP contribution is -2.32. The molecular weight excluding hydrogens is 278 g/mol. The van der Waals surface area contributed by atoms with Crippen LogP contribution in [0.25, 0.3) is 0 Å². The van der Waals surface area contributed by atoms with Crippen LogP contribution in [0.1, 0.15) is 35.5 Å². The van der Waals surface area contributed by atoms with E-state index in [9.17, 15) is 0 Å². The maximum atomic E-state index is 4.60. The Morgan fingerprint density at radius 2 is 2.24 bits per heavy atom. The van der Waals surface area contributed by atoms with Crippen molar-refractivity contribution in [3.8, 4) is 11.8 Å². The number of aromatic nitrogens is 2. The monoisotopic (exact) mass is 295 g/mol. The average Bonchev–Trinajstić information content (AvgIpc) is 3.22. The van der Waals surface area contributed by atoms with Crippen LogP contribution in [0.15, 0.2) is 23.7 Å². The van der Waals surface area contributed by atoms with Crippen molar-refractivity contribution >= 4 is 17.2 Å². The summed E-state index contributed by atoms with van der Waals surface area (Å²) in [5.74, 6) is 8.23. The van der Waals surface area contributed by atoms with E-state index in [1.165, 1.54) is 25.8 Å². The Morgan fingerprint density at radius 3 is 2.86 bits per heavy atom. The molecule has 3 nitrogen and oxygen atoms in total. The van der Waals surface area contributed by atoms with Gasteiger partial charge in [0, 0.05) is 29.7 Å². The highest BCUT2D eigenvalue weighted by Gasteiger charge is 2.38. The summed E-state index contributed by atoms with van der Waals surface area (Å²) in [5.41, 5.74) is 1.80. The van der Waals surface area contributed by atoms with Gasteiger partial charge in [-0.3, -0.25) is 0 Å². The minimum Gasteiger partial charge on any atom is -0.353 e. The van der Waals surface area contributed by atoms with Gasteiger partial charge in [0.1, 0.15) is 11.5 Å². The van der Waals surface area contributed by atoms with E-state index in [1.807, 2.05) is 18.5 Å². The molecule has 0 N–H and O–H groups in total. The third kappa shape index (κ3) is 2.54. The summed E-state index contributed by atoms with van der Waals surface area (Å²) in [6, 6.07) is 4.90. The fourth-order valence-electron chi connectivity index (χ4n) is 3.39. The third-order valence-corrected chi connectivity index (χ3v) is 5.18. The smallest absolute Gasteiger partial charge is 0.128 e. The van der Waals surface area contributed by atoms with Gasteiger partial charge < -0.3 is 4.90 Å². The number of thiazole rings is 1. The lowest BCUT2D eigenvalue weighted by Gasteiger charge is -2.27. The fraction of sp³-hybridized carbons (Fsp3) is 0.412. The second-order valence-corrected chi connectivity index (χ2v) is 6.95. The Morgan fingerprint density at radius 1 is 1.29 bits per heavy atom. The SMILES string of the molecule is Cc1nc(C#Cc2ccc(N3CC4CCC3C4)nc2)cs1. The van der Waals surface area contributed by atoms with Crippen LogP contribution in [-0.2, 0) is 0 Å². The molecule has 2 fully saturated rings. The molecule has 0 aromatic carbocycles. The van der Waals surface area contributed by atoms with Crippen molar-refractivity contribution in [2.75, 3.05) is 11.4 Å². The van der Waals surface area contributed by atoms with Crippen LogP contribution in [0.3, 0.4) is 0 Å². The lowest BCUT2D eigenvalue weighted by atomic mass is 10.1. The lowest BCUT2D eigenvalue weighted by molar-refractivity contribution is 0.550. The van der Waals surface area contributed by atoms with Crippen molar-refractivity contribution in [2.24, 2.45) is 5.92 Å². The van der Waals surface area contributed by atoms with Crippen LogP contribution in [0.4, 0.5) is 5.82 Å². The number of nitrogens with zero attached hydrogens (tertiary/aromatic N) is 3. The highest BCUT2D eigenvalue weighted by Crippen LogP contribution is 2.39. The zero-order chi connectivity index (χ0) is 14.2. The van der Waals surface area contributed by atoms with E-state index in [2.05, 4.69) is 38.8 Å². The van der Waals surface area contributed by atoms with Gasteiger partial charge in [0.25, 0.3) is 0 Å². The summed E-state index contributed by atoms with van der Waals surface area (Å²) in [4.78, 5) is 11.4. The zero-order valence-electron chi connectivity index (χ0n) is 12.0. The number of pyridine rings is 1. The van der Waals surface area contributed by atoms with Gasteiger partial charge in [-0.15, -0.1) is 11.3 Å². The number of hydrogen-bond donors (Lipinski definition) is 0. The van der Waals surface area contributed by atoms with Gasteiger partial charge in [-0.05, 0) is 50.2 Å². The first-order chi connectivity index (χ1) is 10.3. The number of rotatable bonds is 1. The van der Waals surface area contributed by atoms with Crippen LogP contribution < -0.4 is 4.90 Å². The Labute approximate surface area is 129 Å². The predicted octanol–water partition coefficient (Wildman–Crippen LogP) is 3.24. The molecule has 4 rings (SSSR count). The normalized spacial score (nSPS) is 23.2. The quantitative estimate of drug-likeness (QED) is 0.756. The highest BCUT2D eigenvalue weighted by molar-refractivity contribution is 7.09. The minimum atomic E-state index is 0.720. The molecule has 0 spiro atoms. The summed E-state index contributed by atoms with van der Waals surface area (Å²) in [7, 11) is 0. The molecular formula is C17H17N3S. The van der Waals surface area contributed by atoms with E-state index in [1.54, 1.807) is 11.3 Å². The van der Waals surface area contributed by atoms with Crippen molar-refractivity contribution in [3.63, 3.8) is 0 Å². The molecule has 0 radical (unpaired) electrons. The van der Waals surface area contributed by atoms with Gasteiger partial charge in [0.15, 0.2) is 0 Å². The van der Waals surface area contributed by atoms with Crippen LogP contribution >= 0.6 is 11.3 Å². The molecule has 1 aliphatic heterocycles. The first kappa shape index (κ1) is 12.8. The molecule has 2 aromatic rings. The summed E-state index contributed by atoms with van der Waals surface area (Å²) in [5, 5.41) is 3.04. The van der Waals surface area contributed by atoms with Crippen LogP contribution in [0, 0.1) is 24.7 Å². The van der Waals surface area contributed by atoms with Crippen molar-refractivity contribution in [1.29, 1.82) is 0 Å². The Hall–Kier alpha value is -1.86. The Kier molecular flexibility index (Phi) is 3.16. The van der Waals surface area contributed by atoms with E-state index in [0.717, 1.165) is 34.0 Å². The summed E-state index contributed by atoms with van der Waals surface area (Å²) in [6.07, 6.45) is 5.97. The summed E-state index contributed by atoms with van der Waals surface area (Å²) >= 11 is 1.63. The standard InChI is InChI=1S/C17H17N3S/c1-12-19-15(11-21-12)5-2-13-4-7-17(18-9-13)20-10-14-3-6-16(20)8-14/h4,7,9,11,14,16H,3,6,8,10H2,1H3. The second kappa shape index (κ2) is 5.16. The van der Waals surface area contributed by atoms with E-state index in [0.29, 0.717) is 0 Å². The molecule has 2 atom stereocenters. The molecule has 4 heteroatoms. The molecule has 1 aliphatic carbocycles. The first-order valence-electron chi connectivity index (χ1n) is 7.45. The van der Waals surface area contributed by atoms with E-state index in [4.69, 9.17) is 0 Å². The molecule has 106 valence electrons. The van der Waals surface area contributed by atoms with Crippen LogP contribution in [0.2, 0.25) is 0 Å². The summed E-state index contributed by atoms with van der Waals surface area (Å²) in [6.45, 7) is 3.18. The first-order valence-corrected chi connectivity index (χ1v) is 8.33. The zero-order valence-corrected chi connectivity index (χ0v) is 12.9. The number of piperidine rings is 1. The summed E-state index contributed by atoms with van der Waals surface area (Å²) < 4.78 is 0. The van der Waals surface area contributed by atoms with Crippen molar-refractivity contribution in [3.05, 3.63) is 40.0 Å². The molecule has 2 unspecified atom stereocenters. The molecule has 0 amide bonds. The van der Waals surface area contributed by atoms with Gasteiger partial charge >= 0.3 is 0 Å². The molecule has 2 aromatic heterocycles. The Bertz CT molecular complexity index is 708. The third-order valence-electron chi connectivity index (χ3n) is 4.41. The molecule has 2 aliphatic rings. The number of anilines is 1. The van der Waals surface area contributed by atoms with Crippen molar-refractivity contribution in [2.45, 2.75) is 32.2 Å². The van der Waals surface area contributed by atoms with Crippen LogP contribution in [-0.4, -0.2) is 22.6 Å². The topological polar surface area (TPSA) is 29.0 Å². The molecule has 1 saturated heterocycles. The fourth-order valence-corrected chi connectivity index (χ4v) is 3.94. The van der Waals surface area contributed by atoms with Gasteiger partial charge in [-0.2, -0.15) is 0 Å².